The lowest BCUT2D eigenvalue weighted by Crippen LogP contribution is -2.46. The summed E-state index contributed by atoms with van der Waals surface area (Å²) in [7, 11) is 0. The molecule has 0 bridgehead atoms. The molecule has 2 atom stereocenters. The molecule has 0 saturated carbocycles. The van der Waals surface area contributed by atoms with Crippen LogP contribution in [0.3, 0.4) is 0 Å². The Kier molecular flexibility index (Phi) is 3.23. The number of aromatic nitrogens is 1. The molecule has 1 aliphatic heterocycles. The Morgan fingerprint density at radius 3 is 2.82 bits per heavy atom. The largest absolute Gasteiger partial charge is 0.355 e. The lowest BCUT2D eigenvalue weighted by molar-refractivity contribution is -0.385. The van der Waals surface area contributed by atoms with E-state index in [-0.39, 0.29) is 11.7 Å². The molecule has 0 amide bonds. The maximum absolute atomic E-state index is 10.5. The summed E-state index contributed by atoms with van der Waals surface area (Å²) in [5.41, 5.74) is 5.97. The van der Waals surface area contributed by atoms with E-state index >= 15 is 0 Å². The van der Waals surface area contributed by atoms with E-state index in [9.17, 15) is 10.1 Å². The van der Waals surface area contributed by atoms with Crippen LogP contribution in [0.5, 0.6) is 0 Å². The normalized spacial score (nSPS) is 24.7. The average molecular weight is 236 g/mol. The van der Waals surface area contributed by atoms with Crippen molar-refractivity contribution in [3.05, 3.63) is 28.4 Å². The van der Waals surface area contributed by atoms with Crippen molar-refractivity contribution >= 4 is 11.5 Å². The molecular formula is C11H16N4O2. The molecule has 17 heavy (non-hydrogen) atoms. The smallest absolute Gasteiger partial charge is 0.287 e. The van der Waals surface area contributed by atoms with Crippen LogP contribution in [0.15, 0.2) is 18.3 Å². The number of nitro groups is 1. The fourth-order valence-corrected chi connectivity index (χ4v) is 2.26. The second-order valence-corrected chi connectivity index (χ2v) is 4.64. The fourth-order valence-electron chi connectivity index (χ4n) is 2.26. The maximum Gasteiger partial charge on any atom is 0.287 e. The molecule has 1 fully saturated rings. The van der Waals surface area contributed by atoms with Crippen LogP contribution in [0.2, 0.25) is 0 Å². The molecule has 0 aliphatic carbocycles. The van der Waals surface area contributed by atoms with Gasteiger partial charge in [-0.05, 0) is 18.4 Å². The van der Waals surface area contributed by atoms with Crippen LogP contribution >= 0.6 is 0 Å². The van der Waals surface area contributed by atoms with E-state index < -0.39 is 4.92 Å². The third kappa shape index (κ3) is 2.71. The van der Waals surface area contributed by atoms with Gasteiger partial charge in [0.05, 0.1) is 4.92 Å². The number of anilines is 1. The third-order valence-corrected chi connectivity index (χ3v) is 2.96. The first-order chi connectivity index (χ1) is 8.06. The summed E-state index contributed by atoms with van der Waals surface area (Å²) in [5, 5.41) is 10.5. The SMILES string of the molecule is CC1CC(N)CN(c2ccc([N+](=O)[O-])cn2)C1. The molecule has 2 unspecified atom stereocenters. The van der Waals surface area contributed by atoms with Crippen LogP contribution in [0.1, 0.15) is 13.3 Å². The zero-order valence-electron chi connectivity index (χ0n) is 9.74. The molecule has 6 heteroatoms. The number of nitrogens with two attached hydrogens (primary N) is 1. The van der Waals surface area contributed by atoms with Gasteiger partial charge in [-0.15, -0.1) is 0 Å². The highest BCUT2D eigenvalue weighted by atomic mass is 16.6. The van der Waals surface area contributed by atoms with E-state index in [2.05, 4.69) is 16.8 Å². The van der Waals surface area contributed by atoms with Crippen LogP contribution in [0.25, 0.3) is 0 Å². The predicted molar refractivity (Wildman–Crippen MR) is 64.9 cm³/mol. The minimum atomic E-state index is -0.443. The van der Waals surface area contributed by atoms with Gasteiger partial charge < -0.3 is 10.6 Å². The number of pyridine rings is 1. The van der Waals surface area contributed by atoms with Gasteiger partial charge in [-0.2, -0.15) is 0 Å². The van der Waals surface area contributed by atoms with Gasteiger partial charge in [-0.3, -0.25) is 10.1 Å². The van der Waals surface area contributed by atoms with Crippen LogP contribution in [-0.2, 0) is 0 Å². The summed E-state index contributed by atoms with van der Waals surface area (Å²) in [6.07, 6.45) is 2.31. The summed E-state index contributed by atoms with van der Waals surface area (Å²) in [6.45, 7) is 3.81. The summed E-state index contributed by atoms with van der Waals surface area (Å²) < 4.78 is 0. The highest BCUT2D eigenvalue weighted by molar-refractivity contribution is 5.43. The molecule has 1 aromatic heterocycles. The Morgan fingerprint density at radius 1 is 1.53 bits per heavy atom. The number of hydrogen-bond donors (Lipinski definition) is 1. The molecule has 0 aromatic carbocycles. The lowest BCUT2D eigenvalue weighted by Gasteiger charge is -2.35. The second-order valence-electron chi connectivity index (χ2n) is 4.64. The first kappa shape index (κ1) is 11.8. The van der Waals surface area contributed by atoms with Crippen LogP contribution in [0.4, 0.5) is 11.5 Å². The molecule has 0 spiro atoms. The van der Waals surface area contributed by atoms with Crippen LogP contribution in [-0.4, -0.2) is 29.0 Å². The van der Waals surface area contributed by atoms with Gasteiger partial charge >= 0.3 is 0 Å². The zero-order chi connectivity index (χ0) is 12.4. The van der Waals surface area contributed by atoms with E-state index in [1.54, 1.807) is 6.07 Å². The number of nitrogens with zero attached hydrogens (tertiary/aromatic N) is 3. The van der Waals surface area contributed by atoms with E-state index in [1.165, 1.54) is 12.3 Å². The lowest BCUT2D eigenvalue weighted by atomic mass is 9.97. The Balaban J connectivity index is 2.14. The summed E-state index contributed by atoms with van der Waals surface area (Å²) in [6, 6.07) is 3.31. The van der Waals surface area contributed by atoms with Gasteiger partial charge in [0, 0.05) is 25.2 Å². The van der Waals surface area contributed by atoms with Crippen molar-refractivity contribution in [2.75, 3.05) is 18.0 Å². The van der Waals surface area contributed by atoms with Crippen molar-refractivity contribution in [2.24, 2.45) is 11.7 Å². The van der Waals surface area contributed by atoms with Gasteiger partial charge in [0.2, 0.25) is 0 Å². The van der Waals surface area contributed by atoms with Crippen molar-refractivity contribution in [1.82, 2.24) is 4.98 Å². The van der Waals surface area contributed by atoms with Crippen molar-refractivity contribution in [1.29, 1.82) is 0 Å². The fraction of sp³-hybridized carbons (Fsp3) is 0.545. The first-order valence-corrected chi connectivity index (χ1v) is 5.67. The Morgan fingerprint density at radius 2 is 2.29 bits per heavy atom. The Bertz CT molecular complexity index is 396. The number of piperidine rings is 1. The maximum atomic E-state index is 10.5. The minimum Gasteiger partial charge on any atom is -0.355 e. The van der Waals surface area contributed by atoms with Gasteiger partial charge in [0.25, 0.3) is 5.69 Å². The van der Waals surface area contributed by atoms with Gasteiger partial charge in [0.1, 0.15) is 12.0 Å². The molecule has 6 nitrogen and oxygen atoms in total. The van der Waals surface area contributed by atoms with E-state index in [4.69, 9.17) is 5.73 Å². The molecule has 1 aliphatic rings. The first-order valence-electron chi connectivity index (χ1n) is 5.67. The van der Waals surface area contributed by atoms with E-state index in [0.717, 1.165) is 25.3 Å². The standard InChI is InChI=1S/C11H16N4O2/c1-8-4-9(12)7-14(6-8)11-3-2-10(5-13-11)15(16)17/h2-3,5,8-9H,4,6-7,12H2,1H3. The summed E-state index contributed by atoms with van der Waals surface area (Å²) >= 11 is 0. The Hall–Kier alpha value is -1.69. The van der Waals surface area contributed by atoms with E-state index in [1.807, 2.05) is 0 Å². The Labute approximate surface area is 99.6 Å². The molecule has 2 rings (SSSR count). The number of hydrogen-bond acceptors (Lipinski definition) is 5. The number of rotatable bonds is 2. The monoisotopic (exact) mass is 236 g/mol. The highest BCUT2D eigenvalue weighted by Gasteiger charge is 2.23. The van der Waals surface area contributed by atoms with Crippen molar-refractivity contribution in [3.63, 3.8) is 0 Å². The molecule has 0 radical (unpaired) electrons. The van der Waals surface area contributed by atoms with Crippen molar-refractivity contribution < 1.29 is 4.92 Å². The minimum absolute atomic E-state index is 0.0168. The second kappa shape index (κ2) is 4.67. The highest BCUT2D eigenvalue weighted by Crippen LogP contribution is 2.22. The average Bonchev–Trinajstić information content (AvgIpc) is 2.28. The van der Waals surface area contributed by atoms with Gasteiger partial charge in [-0.1, -0.05) is 6.92 Å². The van der Waals surface area contributed by atoms with Crippen LogP contribution < -0.4 is 10.6 Å². The van der Waals surface area contributed by atoms with Gasteiger partial charge in [-0.25, -0.2) is 4.98 Å². The molecule has 1 saturated heterocycles. The van der Waals surface area contributed by atoms with Crippen molar-refractivity contribution in [3.8, 4) is 0 Å². The molecule has 92 valence electrons. The third-order valence-electron chi connectivity index (χ3n) is 2.96. The molecule has 2 N–H and O–H groups in total. The quantitative estimate of drug-likeness (QED) is 0.615. The summed E-state index contributed by atoms with van der Waals surface area (Å²) in [5.74, 6) is 1.29. The van der Waals surface area contributed by atoms with Crippen LogP contribution in [0, 0.1) is 16.0 Å². The predicted octanol–water partition coefficient (Wildman–Crippen LogP) is 1.16. The van der Waals surface area contributed by atoms with Crippen molar-refractivity contribution in [2.45, 2.75) is 19.4 Å². The molecule has 2 heterocycles. The summed E-state index contributed by atoms with van der Waals surface area (Å²) in [4.78, 5) is 16.3. The molecule has 1 aromatic rings. The van der Waals surface area contributed by atoms with E-state index in [0.29, 0.717) is 5.92 Å². The molecular weight excluding hydrogens is 220 g/mol. The zero-order valence-corrected chi connectivity index (χ0v) is 9.74. The topological polar surface area (TPSA) is 85.3 Å². The van der Waals surface area contributed by atoms with Gasteiger partial charge in [0.15, 0.2) is 0 Å².